The molecule has 0 unspecified atom stereocenters. The molecule has 0 radical (unpaired) electrons. The van der Waals surface area contributed by atoms with Crippen LogP contribution in [0.2, 0.25) is 0 Å². The number of carbonyl (C=O) groups excluding carboxylic acids is 1. The fraction of sp³-hybridized carbons (Fsp3) is 0.167. The zero-order valence-corrected chi connectivity index (χ0v) is 21.3. The first-order chi connectivity index (χ1) is 18.8. The molecule has 4 N–H and O–H groups in total. The van der Waals surface area contributed by atoms with E-state index in [-0.39, 0.29) is 13.3 Å². The smallest absolute Gasteiger partial charge is 0.474 e. The Hall–Kier alpha value is -4.30. The quantitative estimate of drug-likeness (QED) is 0.194. The number of nitrogens with zero attached hydrogens (tertiary/aromatic N) is 3. The highest BCUT2D eigenvalue weighted by molar-refractivity contribution is 7.46. The third-order valence-corrected chi connectivity index (χ3v) is 5.44. The van der Waals surface area contributed by atoms with E-state index in [1.54, 1.807) is 41.2 Å². The maximum atomic E-state index is 11.0. The molecule has 0 saturated carbocycles. The Labute approximate surface area is 224 Å². The average Bonchev–Trinajstić information content (AvgIpc) is 3.35. The van der Waals surface area contributed by atoms with Gasteiger partial charge in [-0.3, -0.25) is 0 Å². The predicted molar refractivity (Wildman–Crippen MR) is 129 cm³/mol. The number of carboxylic acid groups (broad SMARTS) is 1. The Kier molecular flexibility index (Phi) is 9.96. The number of phosphoric ester groups is 1. The summed E-state index contributed by atoms with van der Waals surface area (Å²) in [5.41, 5.74) is 9.06. The molecule has 0 fully saturated rings. The fourth-order valence-corrected chi connectivity index (χ4v) is 3.40. The summed E-state index contributed by atoms with van der Waals surface area (Å²) in [7, 11) is -4.56. The van der Waals surface area contributed by atoms with Crippen LogP contribution >= 0.6 is 7.82 Å². The first-order valence-electron chi connectivity index (χ1n) is 11.2. The van der Waals surface area contributed by atoms with E-state index in [4.69, 9.17) is 34.7 Å². The summed E-state index contributed by atoms with van der Waals surface area (Å²) in [5, 5.41) is 12.9. The highest BCUT2D eigenvalue weighted by Gasteiger charge is 2.28. The number of hydrogen-bond donors (Lipinski definition) is 3. The Balaban J connectivity index is 0.000000559. The summed E-state index contributed by atoms with van der Waals surface area (Å²) in [4.78, 5) is 30.7. The fourth-order valence-electron chi connectivity index (χ4n) is 3.12. The molecule has 1 aromatic carbocycles. The zero-order chi connectivity index (χ0) is 29.3. The van der Waals surface area contributed by atoms with Gasteiger partial charge in [0.05, 0.1) is 11.3 Å². The number of rotatable bonds is 9. The van der Waals surface area contributed by atoms with Crippen molar-refractivity contribution in [3.05, 3.63) is 90.0 Å². The van der Waals surface area contributed by atoms with Crippen LogP contribution < -0.4 is 20.1 Å². The number of ether oxygens (including phenoxy) is 1. The summed E-state index contributed by atoms with van der Waals surface area (Å²) in [6.45, 7) is -0.0863. The van der Waals surface area contributed by atoms with Crippen molar-refractivity contribution in [1.29, 1.82) is 0 Å². The third kappa shape index (κ3) is 9.47. The maximum Gasteiger partial charge on any atom is 0.474 e. The average molecular weight is 582 g/mol. The molecule has 12 nitrogen and oxygen atoms in total. The van der Waals surface area contributed by atoms with Crippen molar-refractivity contribution < 1.29 is 55.8 Å². The van der Waals surface area contributed by atoms with Gasteiger partial charge < -0.3 is 34.7 Å². The molecule has 0 bridgehead atoms. The number of carboxylic acids is 1. The number of alkyl halides is 3. The van der Waals surface area contributed by atoms with Crippen LogP contribution in [0.5, 0.6) is 5.75 Å². The van der Waals surface area contributed by atoms with Crippen molar-refractivity contribution in [3.8, 4) is 17.1 Å². The van der Waals surface area contributed by atoms with Crippen molar-refractivity contribution >= 4 is 19.6 Å². The van der Waals surface area contributed by atoms with Crippen LogP contribution in [0.4, 0.5) is 19.0 Å². The standard InChI is InChI=1S/C22H21N4O6P.C2HF3O2/c23-22-20(5-3-10-24-22)21-13-17(25-32-21)12-16-6-8-19(9-7-16)30-14-18-4-1-2-11-26(18)15-31-33(27,28)29;3-2(4,5)1(6)7/h1-11,13H,12,14-15H2,(H3-,23,24,27,28,29);(H,6,7). The lowest BCUT2D eigenvalue weighted by molar-refractivity contribution is -0.733. The van der Waals surface area contributed by atoms with Crippen molar-refractivity contribution in [2.45, 2.75) is 25.9 Å². The number of aliphatic carboxylic acids is 1. The van der Waals surface area contributed by atoms with E-state index in [2.05, 4.69) is 14.7 Å². The highest BCUT2D eigenvalue weighted by atomic mass is 31.2. The molecular formula is C24H22F3N4O8P. The lowest BCUT2D eigenvalue weighted by Gasteiger charge is -2.08. The van der Waals surface area contributed by atoms with Crippen molar-refractivity contribution in [1.82, 2.24) is 10.1 Å². The summed E-state index contributed by atoms with van der Waals surface area (Å²) in [6, 6.07) is 18.3. The Bertz CT molecular complexity index is 1480. The molecule has 3 heterocycles. The number of carbonyl (C=O) groups is 1. The second kappa shape index (κ2) is 13.2. The van der Waals surface area contributed by atoms with Gasteiger partial charge in [0.15, 0.2) is 18.6 Å². The number of phosphoric acid groups is 1. The van der Waals surface area contributed by atoms with E-state index >= 15 is 0 Å². The summed E-state index contributed by atoms with van der Waals surface area (Å²) >= 11 is 0. The van der Waals surface area contributed by atoms with E-state index in [1.807, 2.05) is 36.4 Å². The number of nitrogen functional groups attached to an aromatic ring is 1. The molecule has 4 rings (SSSR count). The molecule has 0 spiro atoms. The van der Waals surface area contributed by atoms with E-state index in [0.29, 0.717) is 35.0 Å². The zero-order valence-electron chi connectivity index (χ0n) is 20.4. The number of pyridine rings is 2. The van der Waals surface area contributed by atoms with Crippen molar-refractivity contribution in [2.24, 2.45) is 0 Å². The van der Waals surface area contributed by atoms with Crippen LogP contribution in [-0.4, -0.2) is 32.1 Å². The molecule has 40 heavy (non-hydrogen) atoms. The van der Waals surface area contributed by atoms with Gasteiger partial charge in [-0.15, -0.1) is 0 Å². The van der Waals surface area contributed by atoms with E-state index in [0.717, 1.165) is 11.3 Å². The summed E-state index contributed by atoms with van der Waals surface area (Å²) in [6.07, 6.45) is -1.35. The van der Waals surface area contributed by atoms with Crippen LogP contribution in [0.25, 0.3) is 11.3 Å². The van der Waals surface area contributed by atoms with Crippen LogP contribution in [0.3, 0.4) is 0 Å². The van der Waals surface area contributed by atoms with E-state index in [9.17, 15) is 17.7 Å². The molecule has 3 aromatic heterocycles. The number of halogens is 3. The van der Waals surface area contributed by atoms with E-state index < -0.39 is 20.0 Å². The lowest BCUT2D eigenvalue weighted by atomic mass is 10.1. The molecular weight excluding hydrogens is 560 g/mol. The van der Waals surface area contributed by atoms with Gasteiger partial charge in [-0.2, -0.15) is 17.7 Å². The number of nitrogens with two attached hydrogens (primary N) is 1. The van der Waals surface area contributed by atoms with Crippen LogP contribution in [0.15, 0.2) is 77.6 Å². The summed E-state index contributed by atoms with van der Waals surface area (Å²) < 4.78 is 59.9. The normalized spacial score (nSPS) is 11.4. The molecule has 212 valence electrons. The van der Waals surface area contributed by atoms with Gasteiger partial charge in [0.25, 0.3) is 6.73 Å². The van der Waals surface area contributed by atoms with E-state index in [1.165, 1.54) is 0 Å². The molecule has 0 saturated heterocycles. The first-order valence-corrected chi connectivity index (χ1v) is 12.7. The summed E-state index contributed by atoms with van der Waals surface area (Å²) in [5.74, 6) is -1.41. The van der Waals surface area contributed by atoms with Gasteiger partial charge in [0.1, 0.15) is 17.5 Å². The number of anilines is 1. The molecule has 16 heteroatoms. The Morgan fingerprint density at radius 3 is 2.45 bits per heavy atom. The lowest BCUT2D eigenvalue weighted by Crippen LogP contribution is -2.39. The number of hydrogen-bond acceptors (Lipinski definition) is 9. The Morgan fingerprint density at radius 2 is 1.82 bits per heavy atom. The van der Waals surface area contributed by atoms with Crippen LogP contribution in [-0.2, 0) is 33.6 Å². The molecule has 0 amide bonds. The SMILES string of the molecule is Nc1ncccc1-c1cc(Cc2ccc(OCc3cccc[n+]3COP(=O)(O)O)cc2)no1.O=C([O-])C(F)(F)F. The van der Waals surface area contributed by atoms with Gasteiger partial charge in [0.2, 0.25) is 5.69 Å². The molecule has 0 aliphatic heterocycles. The molecule has 0 aliphatic rings. The van der Waals surface area contributed by atoms with Gasteiger partial charge in [-0.25, -0.2) is 14.1 Å². The minimum absolute atomic E-state index is 0.198. The second-order valence-electron chi connectivity index (χ2n) is 7.92. The number of aromatic nitrogens is 3. The number of benzene rings is 1. The van der Waals surface area contributed by atoms with Gasteiger partial charge >= 0.3 is 14.0 Å². The highest BCUT2D eigenvalue weighted by Crippen LogP contribution is 2.35. The second-order valence-corrected chi connectivity index (χ2v) is 9.16. The largest absolute Gasteiger partial charge is 0.542 e. The first kappa shape index (κ1) is 30.2. The Morgan fingerprint density at radius 1 is 1.12 bits per heavy atom. The van der Waals surface area contributed by atoms with Crippen LogP contribution in [0, 0.1) is 0 Å². The van der Waals surface area contributed by atoms with Gasteiger partial charge in [-0.05, 0) is 35.9 Å². The van der Waals surface area contributed by atoms with Crippen molar-refractivity contribution in [3.63, 3.8) is 0 Å². The minimum Gasteiger partial charge on any atom is -0.542 e. The monoisotopic (exact) mass is 582 g/mol. The minimum atomic E-state index is -5.19. The van der Waals surface area contributed by atoms with Crippen molar-refractivity contribution in [2.75, 3.05) is 5.73 Å². The maximum absolute atomic E-state index is 11.0. The molecule has 4 aromatic rings. The molecule has 0 aliphatic carbocycles. The van der Waals surface area contributed by atoms with Crippen LogP contribution in [0.1, 0.15) is 17.0 Å². The molecule has 0 atom stereocenters. The third-order valence-electron chi connectivity index (χ3n) is 4.99. The van der Waals surface area contributed by atoms with Gasteiger partial charge in [-0.1, -0.05) is 17.3 Å². The van der Waals surface area contributed by atoms with Gasteiger partial charge in [0, 0.05) is 30.8 Å². The predicted octanol–water partition coefficient (Wildman–Crippen LogP) is 2.14. The topological polar surface area (TPSA) is 185 Å².